The molecule has 1 N–H and O–H groups in total. The van der Waals surface area contributed by atoms with Crippen molar-refractivity contribution < 1.29 is 23.8 Å². The van der Waals surface area contributed by atoms with E-state index >= 15 is 0 Å². The van der Waals surface area contributed by atoms with Crippen LogP contribution in [0.1, 0.15) is 52.9 Å². The number of pyridine rings is 1. The monoisotopic (exact) mass is 384 g/mol. The first-order valence-corrected chi connectivity index (χ1v) is 9.19. The molecule has 3 rings (SSSR count). The van der Waals surface area contributed by atoms with Crippen LogP contribution < -0.4 is 14.8 Å². The molecule has 2 aromatic rings. The second kappa shape index (κ2) is 7.88. The smallest absolute Gasteiger partial charge is 0.339 e. The summed E-state index contributed by atoms with van der Waals surface area (Å²) in [6, 6.07) is 8.70. The minimum Gasteiger partial charge on any atom is -0.486 e. The highest BCUT2D eigenvalue weighted by Crippen LogP contribution is 2.34. The maximum absolute atomic E-state index is 12.7. The van der Waals surface area contributed by atoms with Gasteiger partial charge in [0, 0.05) is 0 Å². The summed E-state index contributed by atoms with van der Waals surface area (Å²) in [4.78, 5) is 28.9. The van der Waals surface area contributed by atoms with Gasteiger partial charge in [0.25, 0.3) is 5.91 Å². The maximum atomic E-state index is 12.7. The number of rotatable bonds is 5. The quantitative estimate of drug-likeness (QED) is 0.798. The van der Waals surface area contributed by atoms with Gasteiger partial charge in [0.1, 0.15) is 18.9 Å². The topological polar surface area (TPSA) is 86.8 Å². The minimum absolute atomic E-state index is 0.233. The molecule has 0 bridgehead atoms. The fourth-order valence-corrected chi connectivity index (χ4v) is 2.96. The van der Waals surface area contributed by atoms with Crippen molar-refractivity contribution in [2.24, 2.45) is 0 Å². The summed E-state index contributed by atoms with van der Waals surface area (Å²) >= 11 is 0. The lowest BCUT2D eigenvalue weighted by Crippen LogP contribution is -2.41. The van der Waals surface area contributed by atoms with Gasteiger partial charge in [-0.3, -0.25) is 4.79 Å². The largest absolute Gasteiger partial charge is 0.486 e. The fourth-order valence-electron chi connectivity index (χ4n) is 2.96. The molecule has 1 amide bonds. The lowest BCUT2D eigenvalue weighted by Gasteiger charge is -2.28. The second-order valence-corrected chi connectivity index (χ2v) is 6.99. The molecule has 0 aliphatic carbocycles. The summed E-state index contributed by atoms with van der Waals surface area (Å²) in [5.41, 5.74) is 1.25. The Kier molecular flexibility index (Phi) is 5.53. The van der Waals surface area contributed by atoms with E-state index in [0.29, 0.717) is 36.0 Å². The van der Waals surface area contributed by atoms with Crippen LogP contribution in [0.15, 0.2) is 30.3 Å². The lowest BCUT2D eigenvalue weighted by molar-refractivity contribution is 0.0524. The standard InChI is InChI=1S/C21H24N2O5/c1-5-26-20(25)15-7-8-16(22-13(15)2)19(24)23-21(3,4)14-6-9-17-18(12-14)28-11-10-27-17/h6-9,12H,5,10-11H2,1-4H3,(H,23,24). The van der Waals surface area contributed by atoms with Crippen LogP contribution in [-0.2, 0) is 10.3 Å². The van der Waals surface area contributed by atoms with E-state index < -0.39 is 11.5 Å². The van der Waals surface area contributed by atoms with Crippen molar-refractivity contribution in [2.45, 2.75) is 33.2 Å². The molecule has 0 unspecified atom stereocenters. The van der Waals surface area contributed by atoms with Crippen molar-refractivity contribution in [2.75, 3.05) is 19.8 Å². The van der Waals surface area contributed by atoms with E-state index in [2.05, 4.69) is 10.3 Å². The zero-order chi connectivity index (χ0) is 20.3. The average molecular weight is 384 g/mol. The first kappa shape index (κ1) is 19.7. The van der Waals surface area contributed by atoms with E-state index in [9.17, 15) is 9.59 Å². The van der Waals surface area contributed by atoms with Gasteiger partial charge in [0.15, 0.2) is 11.5 Å². The molecule has 1 aromatic heterocycles. The van der Waals surface area contributed by atoms with E-state index in [-0.39, 0.29) is 18.2 Å². The predicted octanol–water partition coefficient (Wildman–Crippen LogP) is 3.00. The van der Waals surface area contributed by atoms with Crippen LogP contribution in [0.4, 0.5) is 0 Å². The number of hydrogen-bond acceptors (Lipinski definition) is 6. The van der Waals surface area contributed by atoms with Crippen LogP contribution in [0.5, 0.6) is 11.5 Å². The van der Waals surface area contributed by atoms with Crippen LogP contribution >= 0.6 is 0 Å². The van der Waals surface area contributed by atoms with Crippen molar-refractivity contribution in [1.82, 2.24) is 10.3 Å². The molecule has 0 spiro atoms. The molecule has 28 heavy (non-hydrogen) atoms. The van der Waals surface area contributed by atoms with Gasteiger partial charge in [-0.1, -0.05) is 6.07 Å². The first-order valence-electron chi connectivity index (χ1n) is 9.19. The number of amides is 1. The number of hydrogen-bond donors (Lipinski definition) is 1. The van der Waals surface area contributed by atoms with Crippen molar-refractivity contribution in [3.05, 3.63) is 52.8 Å². The van der Waals surface area contributed by atoms with E-state index in [0.717, 1.165) is 5.56 Å². The number of carbonyl (C=O) groups is 2. The molecule has 7 heteroatoms. The number of nitrogens with one attached hydrogen (secondary N) is 1. The zero-order valence-electron chi connectivity index (χ0n) is 16.5. The van der Waals surface area contributed by atoms with E-state index in [4.69, 9.17) is 14.2 Å². The Morgan fingerprint density at radius 2 is 1.86 bits per heavy atom. The molecule has 0 radical (unpaired) electrons. The Morgan fingerprint density at radius 1 is 1.14 bits per heavy atom. The minimum atomic E-state index is -0.664. The molecular formula is C21H24N2O5. The molecule has 0 saturated heterocycles. The Bertz CT molecular complexity index is 908. The molecule has 1 aliphatic rings. The van der Waals surface area contributed by atoms with Gasteiger partial charge in [-0.25, -0.2) is 9.78 Å². The number of ether oxygens (including phenoxy) is 3. The number of aromatic nitrogens is 1. The molecule has 0 fully saturated rings. The van der Waals surface area contributed by atoms with Crippen molar-refractivity contribution in [3.8, 4) is 11.5 Å². The molecule has 7 nitrogen and oxygen atoms in total. The highest BCUT2D eigenvalue weighted by atomic mass is 16.6. The van der Waals surface area contributed by atoms with Gasteiger partial charge in [-0.2, -0.15) is 0 Å². The van der Waals surface area contributed by atoms with E-state index in [1.165, 1.54) is 6.07 Å². The van der Waals surface area contributed by atoms with Gasteiger partial charge in [0.2, 0.25) is 0 Å². The van der Waals surface area contributed by atoms with Crippen LogP contribution in [0.2, 0.25) is 0 Å². The van der Waals surface area contributed by atoms with Crippen molar-refractivity contribution in [3.63, 3.8) is 0 Å². The number of aryl methyl sites for hydroxylation is 1. The van der Waals surface area contributed by atoms with Crippen molar-refractivity contribution in [1.29, 1.82) is 0 Å². The molecule has 0 saturated carbocycles. The first-order chi connectivity index (χ1) is 13.3. The van der Waals surface area contributed by atoms with Crippen LogP contribution in [0.25, 0.3) is 0 Å². The van der Waals surface area contributed by atoms with Gasteiger partial charge in [0.05, 0.1) is 23.4 Å². The number of esters is 1. The molecule has 1 aliphatic heterocycles. The molecule has 2 heterocycles. The Morgan fingerprint density at radius 3 is 2.54 bits per heavy atom. The predicted molar refractivity (Wildman–Crippen MR) is 103 cm³/mol. The van der Waals surface area contributed by atoms with Crippen LogP contribution in [0, 0.1) is 6.92 Å². The number of carbonyl (C=O) groups excluding carboxylic acids is 2. The summed E-state index contributed by atoms with van der Waals surface area (Å²) in [6.45, 7) is 8.52. The van der Waals surface area contributed by atoms with Gasteiger partial charge >= 0.3 is 5.97 Å². The van der Waals surface area contributed by atoms with E-state index in [1.54, 1.807) is 19.9 Å². The molecular weight excluding hydrogens is 360 g/mol. The Labute approximate surface area is 164 Å². The average Bonchev–Trinajstić information content (AvgIpc) is 2.67. The SMILES string of the molecule is CCOC(=O)c1ccc(C(=O)NC(C)(C)c2ccc3c(c2)OCCO3)nc1C. The van der Waals surface area contributed by atoms with Gasteiger partial charge < -0.3 is 19.5 Å². The summed E-state index contributed by atoms with van der Waals surface area (Å²) in [7, 11) is 0. The molecule has 1 aromatic carbocycles. The zero-order valence-corrected chi connectivity index (χ0v) is 16.5. The summed E-state index contributed by atoms with van der Waals surface area (Å²) in [6.07, 6.45) is 0. The van der Waals surface area contributed by atoms with Gasteiger partial charge in [-0.05, 0) is 57.5 Å². The number of fused-ring (bicyclic) bond motifs is 1. The Hall–Kier alpha value is -3.09. The molecule has 0 atom stereocenters. The normalized spacial score (nSPS) is 13.0. The van der Waals surface area contributed by atoms with E-state index in [1.807, 2.05) is 32.0 Å². The third-order valence-electron chi connectivity index (χ3n) is 4.50. The Balaban J connectivity index is 1.78. The summed E-state index contributed by atoms with van der Waals surface area (Å²) in [5, 5.41) is 2.98. The molecule has 148 valence electrons. The fraction of sp³-hybridized carbons (Fsp3) is 0.381. The lowest BCUT2D eigenvalue weighted by atomic mass is 9.93. The second-order valence-electron chi connectivity index (χ2n) is 6.99. The van der Waals surface area contributed by atoms with Crippen molar-refractivity contribution >= 4 is 11.9 Å². The number of nitrogens with zero attached hydrogens (tertiary/aromatic N) is 1. The van der Waals surface area contributed by atoms with Crippen LogP contribution in [-0.4, -0.2) is 36.7 Å². The third kappa shape index (κ3) is 4.08. The summed E-state index contributed by atoms with van der Waals surface area (Å²) < 4.78 is 16.2. The highest BCUT2D eigenvalue weighted by Gasteiger charge is 2.26. The maximum Gasteiger partial charge on any atom is 0.339 e. The highest BCUT2D eigenvalue weighted by molar-refractivity contribution is 5.95. The third-order valence-corrected chi connectivity index (χ3v) is 4.50. The summed E-state index contributed by atoms with van der Waals surface area (Å²) in [5.74, 6) is 0.581. The van der Waals surface area contributed by atoms with Gasteiger partial charge in [-0.15, -0.1) is 0 Å². The van der Waals surface area contributed by atoms with Crippen LogP contribution in [0.3, 0.4) is 0 Å². The number of benzene rings is 1.